The van der Waals surface area contributed by atoms with Crippen LogP contribution in [0.5, 0.6) is 0 Å². The number of carbonyl (C=O) groups excluding carboxylic acids is 3. The molecule has 2 heterocycles. The van der Waals surface area contributed by atoms with Crippen LogP contribution < -0.4 is 0 Å². The maximum absolute atomic E-state index is 12.3. The molecular weight excluding hydrogens is 406 g/mol. The van der Waals surface area contributed by atoms with Gasteiger partial charge in [-0.15, -0.1) is 0 Å². The summed E-state index contributed by atoms with van der Waals surface area (Å²) < 4.78 is 10.0. The van der Waals surface area contributed by atoms with E-state index in [1.807, 2.05) is 0 Å². The van der Waals surface area contributed by atoms with Gasteiger partial charge in [0.15, 0.2) is 12.4 Å². The van der Waals surface area contributed by atoms with E-state index in [0.29, 0.717) is 13.1 Å². The van der Waals surface area contributed by atoms with Gasteiger partial charge in [-0.1, -0.05) is 11.6 Å². The third-order valence-electron chi connectivity index (χ3n) is 4.35. The van der Waals surface area contributed by atoms with Crippen molar-refractivity contribution in [2.45, 2.75) is 0 Å². The zero-order valence-electron chi connectivity index (χ0n) is 15.1. The van der Waals surface area contributed by atoms with Crippen molar-refractivity contribution in [2.75, 3.05) is 32.8 Å². The zero-order chi connectivity index (χ0) is 21.0. The third-order valence-corrected chi connectivity index (χ3v) is 4.59. The van der Waals surface area contributed by atoms with Gasteiger partial charge in [0.05, 0.1) is 11.2 Å². The van der Waals surface area contributed by atoms with Crippen LogP contribution in [0.1, 0.15) is 20.9 Å². The topological polar surface area (TPSA) is 123 Å². The minimum Gasteiger partial charge on any atom is -0.459 e. The zero-order valence-corrected chi connectivity index (χ0v) is 15.8. The number of nitrogens with zero attached hydrogens (tertiary/aromatic N) is 3. The Morgan fingerprint density at radius 3 is 2.45 bits per heavy atom. The van der Waals surface area contributed by atoms with Crippen molar-refractivity contribution in [3.05, 3.63) is 63.1 Å². The molecule has 1 aliphatic rings. The van der Waals surface area contributed by atoms with E-state index in [1.165, 1.54) is 17.2 Å². The Bertz CT molecular complexity index is 937. The first kappa shape index (κ1) is 20.3. The van der Waals surface area contributed by atoms with Crippen LogP contribution in [0.3, 0.4) is 0 Å². The average Bonchev–Trinajstić information content (AvgIpc) is 3.26. The lowest BCUT2D eigenvalue weighted by molar-refractivity contribution is -0.385. The summed E-state index contributed by atoms with van der Waals surface area (Å²) in [4.78, 5) is 50.0. The first-order chi connectivity index (χ1) is 13.9. The van der Waals surface area contributed by atoms with Crippen LogP contribution in [0.4, 0.5) is 5.69 Å². The first-order valence-corrected chi connectivity index (χ1v) is 8.96. The minimum absolute atomic E-state index is 0.131. The number of halogens is 1. The van der Waals surface area contributed by atoms with E-state index in [2.05, 4.69) is 0 Å². The number of ether oxygens (including phenoxy) is 1. The van der Waals surface area contributed by atoms with Crippen LogP contribution >= 0.6 is 11.6 Å². The second kappa shape index (κ2) is 8.74. The van der Waals surface area contributed by atoms with Crippen molar-refractivity contribution < 1.29 is 28.5 Å². The molecule has 1 aromatic heterocycles. The normalized spacial score (nSPS) is 13.8. The lowest BCUT2D eigenvalue weighted by Crippen LogP contribution is -2.51. The van der Waals surface area contributed by atoms with E-state index in [0.717, 1.165) is 12.1 Å². The molecule has 1 aromatic carbocycles. The molecular formula is C18H16ClN3O7. The van der Waals surface area contributed by atoms with Crippen LogP contribution in [0.15, 0.2) is 41.0 Å². The number of benzene rings is 1. The third kappa shape index (κ3) is 4.72. The summed E-state index contributed by atoms with van der Waals surface area (Å²) >= 11 is 5.78. The molecule has 0 radical (unpaired) electrons. The van der Waals surface area contributed by atoms with E-state index >= 15 is 0 Å². The Morgan fingerprint density at radius 1 is 1.14 bits per heavy atom. The molecule has 0 aliphatic carbocycles. The number of rotatable bonds is 5. The molecule has 1 aliphatic heterocycles. The van der Waals surface area contributed by atoms with Crippen molar-refractivity contribution in [1.29, 1.82) is 0 Å². The van der Waals surface area contributed by atoms with Crippen LogP contribution in [0.25, 0.3) is 0 Å². The molecule has 29 heavy (non-hydrogen) atoms. The highest BCUT2D eigenvalue weighted by Crippen LogP contribution is 2.23. The molecule has 1 fully saturated rings. The van der Waals surface area contributed by atoms with Gasteiger partial charge in [-0.3, -0.25) is 19.7 Å². The highest BCUT2D eigenvalue weighted by atomic mass is 35.5. The first-order valence-electron chi connectivity index (χ1n) is 8.58. The smallest absolute Gasteiger partial charge is 0.345 e. The fraction of sp³-hybridized carbons (Fsp3) is 0.278. The number of esters is 1. The molecule has 3 rings (SSSR count). The van der Waals surface area contributed by atoms with Gasteiger partial charge in [-0.25, -0.2) is 4.79 Å². The molecule has 1 saturated heterocycles. The van der Waals surface area contributed by atoms with E-state index in [9.17, 15) is 24.5 Å². The van der Waals surface area contributed by atoms with Crippen LogP contribution in [0.2, 0.25) is 5.02 Å². The van der Waals surface area contributed by atoms with Crippen LogP contribution in [0, 0.1) is 10.1 Å². The number of amides is 2. The van der Waals surface area contributed by atoms with Gasteiger partial charge >= 0.3 is 5.97 Å². The SMILES string of the molecule is O=C(OCC(=O)N1CCN(C(=O)c2ccco2)CC1)c1cc(Cl)ccc1[N+](=O)[O-]. The van der Waals surface area contributed by atoms with E-state index in [1.54, 1.807) is 17.0 Å². The summed E-state index contributed by atoms with van der Waals surface area (Å²) in [5, 5.41) is 11.2. The van der Waals surface area contributed by atoms with Gasteiger partial charge in [-0.2, -0.15) is 0 Å². The second-order valence-electron chi connectivity index (χ2n) is 6.15. The predicted octanol–water partition coefficient (Wildman–Crippen LogP) is 1.98. The predicted molar refractivity (Wildman–Crippen MR) is 99.6 cm³/mol. The molecule has 0 N–H and O–H groups in total. The van der Waals surface area contributed by atoms with E-state index in [4.69, 9.17) is 20.8 Å². The maximum atomic E-state index is 12.3. The van der Waals surface area contributed by atoms with Gasteiger partial charge in [0, 0.05) is 37.3 Å². The van der Waals surface area contributed by atoms with Crippen LogP contribution in [-0.4, -0.2) is 65.3 Å². The number of furan rings is 1. The molecule has 2 aromatic rings. The summed E-state index contributed by atoms with van der Waals surface area (Å²) in [6.45, 7) is 0.562. The molecule has 2 amide bonds. The molecule has 0 unspecified atom stereocenters. The number of hydrogen-bond acceptors (Lipinski definition) is 7. The number of piperazine rings is 1. The molecule has 0 bridgehead atoms. The van der Waals surface area contributed by atoms with Crippen LogP contribution in [-0.2, 0) is 9.53 Å². The monoisotopic (exact) mass is 421 g/mol. The quantitative estimate of drug-likeness (QED) is 0.410. The largest absolute Gasteiger partial charge is 0.459 e. The lowest BCUT2D eigenvalue weighted by Gasteiger charge is -2.34. The summed E-state index contributed by atoms with van der Waals surface area (Å²) in [6, 6.07) is 6.67. The molecule has 0 saturated carbocycles. The molecule has 10 nitrogen and oxygen atoms in total. The summed E-state index contributed by atoms with van der Waals surface area (Å²) in [6.07, 6.45) is 1.41. The summed E-state index contributed by atoms with van der Waals surface area (Å²) in [7, 11) is 0. The Balaban J connectivity index is 1.53. The van der Waals surface area contributed by atoms with E-state index in [-0.39, 0.29) is 35.3 Å². The summed E-state index contributed by atoms with van der Waals surface area (Å²) in [5.74, 6) is -1.52. The van der Waals surface area contributed by atoms with Crippen molar-refractivity contribution in [1.82, 2.24) is 9.80 Å². The Morgan fingerprint density at radius 2 is 1.83 bits per heavy atom. The second-order valence-corrected chi connectivity index (χ2v) is 6.58. The number of nitro benzene ring substituents is 1. The van der Waals surface area contributed by atoms with Gasteiger partial charge < -0.3 is 19.0 Å². The Kier molecular flexibility index (Phi) is 6.13. The number of nitro groups is 1. The van der Waals surface area contributed by atoms with Crippen molar-refractivity contribution >= 4 is 35.1 Å². The molecule has 0 spiro atoms. The molecule has 152 valence electrons. The van der Waals surface area contributed by atoms with Crippen molar-refractivity contribution in [2.24, 2.45) is 0 Å². The van der Waals surface area contributed by atoms with Gasteiger partial charge in [0.25, 0.3) is 17.5 Å². The van der Waals surface area contributed by atoms with Gasteiger partial charge in [0.2, 0.25) is 0 Å². The van der Waals surface area contributed by atoms with Crippen molar-refractivity contribution in [3.8, 4) is 0 Å². The maximum Gasteiger partial charge on any atom is 0.345 e. The Hall–Kier alpha value is -3.40. The fourth-order valence-electron chi connectivity index (χ4n) is 2.84. The molecule has 11 heteroatoms. The summed E-state index contributed by atoms with van der Waals surface area (Å²) in [5.41, 5.74) is -0.791. The minimum atomic E-state index is -1.01. The van der Waals surface area contributed by atoms with Gasteiger partial charge in [0.1, 0.15) is 5.56 Å². The standard InChI is InChI=1S/C18H16ClN3O7/c19-12-3-4-14(22(26)27)13(10-12)18(25)29-11-16(23)20-5-7-21(8-6-20)17(24)15-2-1-9-28-15/h1-4,9-10H,5-8,11H2. The highest BCUT2D eigenvalue weighted by molar-refractivity contribution is 6.31. The molecule has 0 atom stereocenters. The fourth-order valence-corrected chi connectivity index (χ4v) is 3.01. The van der Waals surface area contributed by atoms with Crippen molar-refractivity contribution in [3.63, 3.8) is 0 Å². The highest BCUT2D eigenvalue weighted by Gasteiger charge is 2.27. The number of hydrogen-bond donors (Lipinski definition) is 0. The Labute approximate surface area is 169 Å². The lowest BCUT2D eigenvalue weighted by atomic mass is 10.2. The average molecular weight is 422 g/mol. The number of carbonyl (C=O) groups is 3. The van der Waals surface area contributed by atoms with Gasteiger partial charge in [-0.05, 0) is 24.3 Å². The van der Waals surface area contributed by atoms with E-state index < -0.39 is 29.1 Å².